The van der Waals surface area contributed by atoms with Crippen LogP contribution in [0.1, 0.15) is 24.5 Å². The number of hydrogen-bond donors (Lipinski definition) is 2. The van der Waals surface area contributed by atoms with Gasteiger partial charge in [-0.05, 0) is 87.2 Å². The number of anilines is 3. The number of hydrogen-bond acceptors (Lipinski definition) is 5. The van der Waals surface area contributed by atoms with E-state index in [2.05, 4.69) is 20.5 Å². The minimum absolute atomic E-state index is 0.0000555. The zero-order valence-electron chi connectivity index (χ0n) is 22.2. The molecule has 0 atom stereocenters. The summed E-state index contributed by atoms with van der Waals surface area (Å²) in [6.07, 6.45) is 2.63. The number of amides is 2. The molecule has 4 aromatic rings. The van der Waals surface area contributed by atoms with Crippen LogP contribution in [0.25, 0.3) is 22.2 Å². The Kier molecular flexibility index (Phi) is 7.63. The zero-order valence-corrected chi connectivity index (χ0v) is 22.9. The lowest BCUT2D eigenvalue weighted by atomic mass is 9.99. The van der Waals surface area contributed by atoms with Crippen molar-refractivity contribution in [3.05, 3.63) is 95.1 Å². The third-order valence-corrected chi connectivity index (χ3v) is 6.92. The van der Waals surface area contributed by atoms with E-state index < -0.39 is 0 Å². The highest BCUT2D eigenvalue weighted by molar-refractivity contribution is 6.38. The third kappa shape index (κ3) is 5.79. The fourth-order valence-corrected chi connectivity index (χ4v) is 4.96. The van der Waals surface area contributed by atoms with Gasteiger partial charge in [0.25, 0.3) is 5.91 Å². The second-order valence-corrected chi connectivity index (χ2v) is 10.2. The lowest BCUT2D eigenvalue weighted by Gasteiger charge is -2.23. The molecule has 0 saturated carbocycles. The highest BCUT2D eigenvalue weighted by atomic mass is 35.5. The van der Waals surface area contributed by atoms with Gasteiger partial charge in [0.2, 0.25) is 5.91 Å². The molecule has 7 nitrogen and oxygen atoms in total. The van der Waals surface area contributed by atoms with Crippen molar-refractivity contribution in [3.8, 4) is 0 Å². The Morgan fingerprint density at radius 2 is 1.79 bits per heavy atom. The van der Waals surface area contributed by atoms with E-state index in [4.69, 9.17) is 11.6 Å². The number of carbonyl (C=O) groups excluding carboxylic acids is 2. The van der Waals surface area contributed by atoms with E-state index in [1.54, 1.807) is 30.2 Å². The summed E-state index contributed by atoms with van der Waals surface area (Å²) in [5.41, 5.74) is 5.99. The second kappa shape index (κ2) is 11.3. The van der Waals surface area contributed by atoms with Gasteiger partial charge in [-0.3, -0.25) is 14.6 Å². The Morgan fingerprint density at radius 1 is 1.00 bits per heavy atom. The predicted molar refractivity (Wildman–Crippen MR) is 160 cm³/mol. The molecular formula is C31H30ClN5O2. The molecular weight excluding hydrogens is 510 g/mol. The molecule has 0 saturated heterocycles. The number of rotatable bonds is 8. The van der Waals surface area contributed by atoms with Gasteiger partial charge in [-0.25, -0.2) is 0 Å². The normalized spacial score (nSPS) is 13.8. The van der Waals surface area contributed by atoms with Crippen molar-refractivity contribution in [2.45, 2.75) is 13.3 Å². The zero-order chi connectivity index (χ0) is 27.5. The van der Waals surface area contributed by atoms with Crippen molar-refractivity contribution in [1.29, 1.82) is 0 Å². The lowest BCUT2D eigenvalue weighted by molar-refractivity contribution is -0.116. The van der Waals surface area contributed by atoms with E-state index in [0.717, 1.165) is 46.4 Å². The summed E-state index contributed by atoms with van der Waals surface area (Å²) in [6.45, 7) is 3.12. The van der Waals surface area contributed by atoms with Crippen molar-refractivity contribution in [2.24, 2.45) is 0 Å². The van der Waals surface area contributed by atoms with Crippen LogP contribution in [-0.2, 0) is 9.59 Å². The molecule has 1 aliphatic rings. The Morgan fingerprint density at radius 3 is 2.54 bits per heavy atom. The maximum Gasteiger partial charge on any atom is 0.258 e. The van der Waals surface area contributed by atoms with Crippen molar-refractivity contribution >= 4 is 62.7 Å². The second-order valence-electron chi connectivity index (χ2n) is 9.80. The molecule has 2 N–H and O–H groups in total. The monoisotopic (exact) mass is 539 g/mol. The average molecular weight is 540 g/mol. The fourth-order valence-electron chi connectivity index (χ4n) is 4.79. The van der Waals surface area contributed by atoms with E-state index in [1.165, 1.54) is 0 Å². The Hall–Kier alpha value is -4.20. The lowest BCUT2D eigenvalue weighted by Crippen LogP contribution is -2.31. The summed E-state index contributed by atoms with van der Waals surface area (Å²) in [5, 5.41) is 7.96. The number of carbonyl (C=O) groups is 2. The van der Waals surface area contributed by atoms with Gasteiger partial charge in [0.15, 0.2) is 0 Å². The van der Waals surface area contributed by atoms with Crippen LogP contribution >= 0.6 is 11.6 Å². The van der Waals surface area contributed by atoms with E-state index in [1.807, 2.05) is 74.8 Å². The number of aromatic nitrogens is 1. The van der Waals surface area contributed by atoms with Crippen LogP contribution in [0.2, 0.25) is 5.02 Å². The van der Waals surface area contributed by atoms with E-state index in [0.29, 0.717) is 28.5 Å². The maximum atomic E-state index is 13.3. The Bertz CT molecular complexity index is 1580. The van der Waals surface area contributed by atoms with Crippen molar-refractivity contribution in [1.82, 2.24) is 9.88 Å². The Balaban J connectivity index is 1.53. The van der Waals surface area contributed by atoms with Crippen LogP contribution in [0.15, 0.2) is 79.0 Å². The van der Waals surface area contributed by atoms with E-state index in [-0.39, 0.29) is 11.8 Å². The van der Waals surface area contributed by atoms with E-state index >= 15 is 0 Å². The van der Waals surface area contributed by atoms with Crippen molar-refractivity contribution < 1.29 is 9.59 Å². The average Bonchev–Trinajstić information content (AvgIpc) is 3.24. The van der Waals surface area contributed by atoms with Gasteiger partial charge in [-0.1, -0.05) is 29.8 Å². The predicted octanol–water partition coefficient (Wildman–Crippen LogP) is 6.13. The van der Waals surface area contributed by atoms with Crippen molar-refractivity contribution in [2.75, 3.05) is 42.7 Å². The summed E-state index contributed by atoms with van der Waals surface area (Å²) < 4.78 is 0. The van der Waals surface area contributed by atoms with Crippen LogP contribution in [0.5, 0.6) is 0 Å². The first-order valence-electron chi connectivity index (χ1n) is 12.8. The molecule has 2 amide bonds. The molecule has 1 aliphatic heterocycles. The van der Waals surface area contributed by atoms with E-state index in [9.17, 15) is 9.59 Å². The molecule has 0 unspecified atom stereocenters. The standard InChI is InChI=1S/C31H30ClN5O2/c1-20(38)37(17-5-16-36(2)3)25-11-9-24(10-12-25)34-30(22-7-14-27-21(18-22)6-4-15-33-27)29-26-13-8-23(32)19-28(26)35-31(29)39/h4,6-15,18-19,34H,5,16-17H2,1-3H3,(H,35,39). The first kappa shape index (κ1) is 26.4. The number of fused-ring (bicyclic) bond motifs is 2. The van der Waals surface area contributed by atoms with Gasteiger partial charge in [0.05, 0.1) is 22.5 Å². The van der Waals surface area contributed by atoms with Crippen LogP contribution in [0.4, 0.5) is 17.1 Å². The Labute approximate surface area is 233 Å². The summed E-state index contributed by atoms with van der Waals surface area (Å²) in [7, 11) is 4.04. The van der Waals surface area contributed by atoms with Crippen LogP contribution < -0.4 is 15.5 Å². The molecule has 3 aromatic carbocycles. The molecule has 198 valence electrons. The fraction of sp³-hybridized carbons (Fsp3) is 0.194. The summed E-state index contributed by atoms with van der Waals surface area (Å²) >= 11 is 6.20. The number of halogens is 1. The molecule has 5 rings (SSSR count). The SMILES string of the molecule is CC(=O)N(CCCN(C)C)c1ccc(NC(=C2C(=O)Nc3cc(Cl)ccc32)c2ccc3ncccc3c2)cc1. The van der Waals surface area contributed by atoms with Gasteiger partial charge >= 0.3 is 0 Å². The smallest absolute Gasteiger partial charge is 0.258 e. The molecule has 39 heavy (non-hydrogen) atoms. The van der Waals surface area contributed by atoms with Crippen molar-refractivity contribution in [3.63, 3.8) is 0 Å². The topological polar surface area (TPSA) is 77.6 Å². The molecule has 0 spiro atoms. The molecule has 2 heterocycles. The summed E-state index contributed by atoms with van der Waals surface area (Å²) in [6, 6.07) is 22.9. The molecule has 1 aromatic heterocycles. The maximum absolute atomic E-state index is 13.3. The number of nitrogens with zero attached hydrogens (tertiary/aromatic N) is 3. The first-order valence-corrected chi connectivity index (χ1v) is 13.2. The van der Waals surface area contributed by atoms with Gasteiger partial charge in [-0.15, -0.1) is 0 Å². The third-order valence-electron chi connectivity index (χ3n) is 6.68. The number of benzene rings is 3. The molecule has 0 bridgehead atoms. The molecule has 0 radical (unpaired) electrons. The van der Waals surface area contributed by atoms with Crippen LogP contribution in [-0.4, -0.2) is 48.9 Å². The van der Waals surface area contributed by atoms with Crippen LogP contribution in [0.3, 0.4) is 0 Å². The quantitative estimate of drug-likeness (QED) is 0.264. The summed E-state index contributed by atoms with van der Waals surface area (Å²) in [5.74, 6) is -0.207. The molecule has 0 aliphatic carbocycles. The van der Waals surface area contributed by atoms with Gasteiger partial charge in [0, 0.05) is 47.0 Å². The largest absolute Gasteiger partial charge is 0.354 e. The molecule has 0 fully saturated rings. The van der Waals surface area contributed by atoms with Gasteiger partial charge in [-0.2, -0.15) is 0 Å². The highest BCUT2D eigenvalue weighted by Gasteiger charge is 2.29. The number of pyridine rings is 1. The van der Waals surface area contributed by atoms with Gasteiger partial charge in [0.1, 0.15) is 0 Å². The minimum Gasteiger partial charge on any atom is -0.354 e. The first-order chi connectivity index (χ1) is 18.8. The van der Waals surface area contributed by atoms with Gasteiger partial charge < -0.3 is 20.4 Å². The summed E-state index contributed by atoms with van der Waals surface area (Å²) in [4.78, 5) is 33.9. The van der Waals surface area contributed by atoms with Crippen LogP contribution in [0, 0.1) is 0 Å². The highest BCUT2D eigenvalue weighted by Crippen LogP contribution is 2.39. The number of nitrogens with one attached hydrogen (secondary N) is 2. The minimum atomic E-state index is -0.207. The molecule has 8 heteroatoms.